The lowest BCUT2D eigenvalue weighted by molar-refractivity contribution is 0.230. The number of hydrogen-bond donors (Lipinski definition) is 2. The molecule has 1 aliphatic carbocycles. The molecule has 86 valence electrons. The second kappa shape index (κ2) is 6.09. The van der Waals surface area contributed by atoms with Gasteiger partial charge in [0, 0.05) is 18.7 Å². The Hall–Kier alpha value is -0.590. The van der Waals surface area contributed by atoms with Crippen LogP contribution >= 0.6 is 0 Å². The minimum Gasteiger partial charge on any atom is -0.396 e. The molecule has 0 heterocycles. The van der Waals surface area contributed by atoms with Crippen LogP contribution < -0.4 is 5.32 Å². The molecule has 1 saturated carbocycles. The Morgan fingerprint density at radius 1 is 1.47 bits per heavy atom. The van der Waals surface area contributed by atoms with Gasteiger partial charge in [0.1, 0.15) is 0 Å². The van der Waals surface area contributed by atoms with Crippen LogP contribution in [0.25, 0.3) is 0 Å². The molecule has 0 aromatic heterocycles. The molecule has 1 fully saturated rings. The Morgan fingerprint density at radius 3 is 2.73 bits per heavy atom. The van der Waals surface area contributed by atoms with E-state index in [1.165, 1.54) is 0 Å². The molecule has 0 aromatic carbocycles. The molecular formula is C12H22N2O. The third-order valence-corrected chi connectivity index (χ3v) is 3.35. The van der Waals surface area contributed by atoms with Crippen molar-refractivity contribution >= 4 is 0 Å². The standard InChI is InChI=1S/C12H22N2O/c1-9(2)11(6-7-15)14-12-5-3-4-10(12)8-13/h9-12,14-15H,3-7H2,1-2H3. The summed E-state index contributed by atoms with van der Waals surface area (Å²) in [5, 5.41) is 21.5. The van der Waals surface area contributed by atoms with E-state index >= 15 is 0 Å². The van der Waals surface area contributed by atoms with E-state index in [9.17, 15) is 0 Å². The van der Waals surface area contributed by atoms with Crippen molar-refractivity contribution in [1.82, 2.24) is 5.32 Å². The summed E-state index contributed by atoms with van der Waals surface area (Å²) in [6.45, 7) is 4.53. The smallest absolute Gasteiger partial charge is 0.0672 e. The summed E-state index contributed by atoms with van der Waals surface area (Å²) < 4.78 is 0. The van der Waals surface area contributed by atoms with Gasteiger partial charge in [-0.1, -0.05) is 20.3 Å². The van der Waals surface area contributed by atoms with Crippen molar-refractivity contribution < 1.29 is 5.11 Å². The number of nitrogens with zero attached hydrogens (tertiary/aromatic N) is 1. The summed E-state index contributed by atoms with van der Waals surface area (Å²) in [6, 6.07) is 3.06. The molecule has 0 radical (unpaired) electrons. The average molecular weight is 210 g/mol. The van der Waals surface area contributed by atoms with Crippen LogP contribution in [0.5, 0.6) is 0 Å². The van der Waals surface area contributed by atoms with Crippen molar-refractivity contribution in [1.29, 1.82) is 5.26 Å². The second-order valence-corrected chi connectivity index (χ2v) is 4.80. The predicted octanol–water partition coefficient (Wildman–Crippen LogP) is 1.68. The van der Waals surface area contributed by atoms with E-state index in [0.29, 0.717) is 18.0 Å². The van der Waals surface area contributed by atoms with Crippen LogP contribution in [0.2, 0.25) is 0 Å². The lowest BCUT2D eigenvalue weighted by Gasteiger charge is -2.27. The minimum atomic E-state index is 0.171. The van der Waals surface area contributed by atoms with E-state index in [-0.39, 0.29) is 12.5 Å². The van der Waals surface area contributed by atoms with Crippen molar-refractivity contribution in [2.75, 3.05) is 6.61 Å². The number of hydrogen-bond acceptors (Lipinski definition) is 3. The van der Waals surface area contributed by atoms with Gasteiger partial charge in [0.25, 0.3) is 0 Å². The van der Waals surface area contributed by atoms with Crippen LogP contribution in [0.4, 0.5) is 0 Å². The molecular weight excluding hydrogens is 188 g/mol. The van der Waals surface area contributed by atoms with E-state index < -0.39 is 0 Å². The van der Waals surface area contributed by atoms with Crippen molar-refractivity contribution in [2.45, 2.75) is 51.6 Å². The molecule has 2 N–H and O–H groups in total. The molecule has 0 aliphatic heterocycles. The maximum atomic E-state index is 8.98. The highest BCUT2D eigenvalue weighted by molar-refractivity contribution is 4.97. The Morgan fingerprint density at radius 2 is 2.20 bits per heavy atom. The van der Waals surface area contributed by atoms with Gasteiger partial charge >= 0.3 is 0 Å². The van der Waals surface area contributed by atoms with Crippen LogP contribution in [0.3, 0.4) is 0 Å². The van der Waals surface area contributed by atoms with Crippen LogP contribution in [-0.2, 0) is 0 Å². The topological polar surface area (TPSA) is 56.0 Å². The van der Waals surface area contributed by atoms with Gasteiger partial charge in [0.2, 0.25) is 0 Å². The molecule has 3 nitrogen and oxygen atoms in total. The van der Waals surface area contributed by atoms with Crippen molar-refractivity contribution in [3.63, 3.8) is 0 Å². The van der Waals surface area contributed by atoms with Gasteiger partial charge in [-0.25, -0.2) is 0 Å². The zero-order valence-corrected chi connectivity index (χ0v) is 9.74. The molecule has 3 unspecified atom stereocenters. The molecule has 0 saturated heterocycles. The molecule has 0 bridgehead atoms. The van der Waals surface area contributed by atoms with Crippen LogP contribution in [0, 0.1) is 23.2 Å². The molecule has 15 heavy (non-hydrogen) atoms. The minimum absolute atomic E-state index is 0.171. The SMILES string of the molecule is CC(C)C(CCO)NC1CCCC1C#N. The Bertz CT molecular complexity index is 222. The fourth-order valence-electron chi connectivity index (χ4n) is 2.34. The number of nitrogens with one attached hydrogen (secondary N) is 1. The van der Waals surface area contributed by atoms with E-state index in [1.54, 1.807) is 0 Å². The second-order valence-electron chi connectivity index (χ2n) is 4.80. The number of aliphatic hydroxyl groups is 1. The molecule has 1 rings (SSSR count). The highest BCUT2D eigenvalue weighted by Crippen LogP contribution is 2.26. The van der Waals surface area contributed by atoms with Gasteiger partial charge in [0.05, 0.1) is 12.0 Å². The normalized spacial score (nSPS) is 27.9. The Kier molecular flexibility index (Phi) is 5.07. The van der Waals surface area contributed by atoms with Crippen LogP contribution in [-0.4, -0.2) is 23.8 Å². The van der Waals surface area contributed by atoms with E-state index in [4.69, 9.17) is 10.4 Å². The first-order chi connectivity index (χ1) is 7.19. The fourth-order valence-corrected chi connectivity index (χ4v) is 2.34. The predicted molar refractivity (Wildman–Crippen MR) is 60.2 cm³/mol. The summed E-state index contributed by atoms with van der Waals surface area (Å²) in [5.41, 5.74) is 0. The Labute approximate surface area is 92.5 Å². The van der Waals surface area contributed by atoms with Crippen LogP contribution in [0.15, 0.2) is 0 Å². The van der Waals surface area contributed by atoms with Crippen molar-refractivity contribution in [3.8, 4) is 6.07 Å². The largest absolute Gasteiger partial charge is 0.396 e. The van der Waals surface area contributed by atoms with Crippen molar-refractivity contribution in [2.24, 2.45) is 11.8 Å². The van der Waals surface area contributed by atoms with Gasteiger partial charge in [-0.15, -0.1) is 0 Å². The highest BCUT2D eigenvalue weighted by atomic mass is 16.3. The molecule has 3 atom stereocenters. The number of nitriles is 1. The van der Waals surface area contributed by atoms with Gasteiger partial charge in [0.15, 0.2) is 0 Å². The average Bonchev–Trinajstić information content (AvgIpc) is 2.64. The molecule has 0 aromatic rings. The summed E-state index contributed by atoms with van der Waals surface area (Å²) in [5.74, 6) is 0.682. The van der Waals surface area contributed by atoms with Crippen LogP contribution in [0.1, 0.15) is 39.5 Å². The van der Waals surface area contributed by atoms with E-state index in [2.05, 4.69) is 25.2 Å². The maximum Gasteiger partial charge on any atom is 0.0672 e. The zero-order chi connectivity index (χ0) is 11.3. The molecule has 0 spiro atoms. The fraction of sp³-hybridized carbons (Fsp3) is 0.917. The quantitative estimate of drug-likeness (QED) is 0.726. The summed E-state index contributed by atoms with van der Waals surface area (Å²) in [4.78, 5) is 0. The van der Waals surface area contributed by atoms with Gasteiger partial charge in [-0.3, -0.25) is 0 Å². The molecule has 1 aliphatic rings. The third kappa shape index (κ3) is 3.48. The van der Waals surface area contributed by atoms with E-state index in [1.807, 2.05) is 0 Å². The first kappa shape index (κ1) is 12.5. The number of aliphatic hydroxyl groups excluding tert-OH is 1. The summed E-state index contributed by atoms with van der Waals surface area (Å²) in [6.07, 6.45) is 4.07. The first-order valence-corrected chi connectivity index (χ1v) is 5.95. The maximum absolute atomic E-state index is 8.98. The summed E-state index contributed by atoms with van der Waals surface area (Å²) in [7, 11) is 0. The third-order valence-electron chi connectivity index (χ3n) is 3.35. The Balaban J connectivity index is 2.46. The van der Waals surface area contributed by atoms with Crippen molar-refractivity contribution in [3.05, 3.63) is 0 Å². The lowest BCUT2D eigenvalue weighted by atomic mass is 9.97. The molecule has 0 amide bonds. The van der Waals surface area contributed by atoms with Gasteiger partial charge in [-0.2, -0.15) is 5.26 Å². The first-order valence-electron chi connectivity index (χ1n) is 5.95. The summed E-state index contributed by atoms with van der Waals surface area (Å²) >= 11 is 0. The van der Waals surface area contributed by atoms with Gasteiger partial charge in [-0.05, 0) is 25.2 Å². The van der Waals surface area contributed by atoms with E-state index in [0.717, 1.165) is 25.7 Å². The lowest BCUT2D eigenvalue weighted by Crippen LogP contribution is -2.43. The zero-order valence-electron chi connectivity index (χ0n) is 9.74. The van der Waals surface area contributed by atoms with Gasteiger partial charge < -0.3 is 10.4 Å². The monoisotopic (exact) mass is 210 g/mol. The highest BCUT2D eigenvalue weighted by Gasteiger charge is 2.29. The number of rotatable bonds is 5. The molecule has 3 heteroatoms.